The van der Waals surface area contributed by atoms with Gasteiger partial charge in [0.05, 0.1) is 0 Å². The van der Waals surface area contributed by atoms with Crippen LogP contribution < -0.4 is 0 Å². The third-order valence-electron chi connectivity index (χ3n) is 6.36. The summed E-state index contributed by atoms with van der Waals surface area (Å²) in [4.78, 5) is 2.63. The first-order chi connectivity index (χ1) is 11.6. The second kappa shape index (κ2) is 6.04. The Morgan fingerprint density at radius 2 is 1.62 bits per heavy atom. The van der Waals surface area contributed by atoms with Crippen LogP contribution in [0.1, 0.15) is 58.6 Å². The lowest BCUT2D eigenvalue weighted by Gasteiger charge is -2.37. The Labute approximate surface area is 146 Å². The topological polar surface area (TPSA) is 3.24 Å². The van der Waals surface area contributed by atoms with Gasteiger partial charge in [0.25, 0.3) is 0 Å². The van der Waals surface area contributed by atoms with E-state index in [1.54, 1.807) is 16.7 Å². The maximum Gasteiger partial charge on any atom is 0.0130 e. The van der Waals surface area contributed by atoms with Gasteiger partial charge in [0, 0.05) is 18.4 Å². The molecule has 1 nitrogen and oxygen atoms in total. The number of likely N-dealkylation sites (tertiary alicyclic amines) is 1. The number of piperidine rings is 1. The largest absolute Gasteiger partial charge is 0.303 e. The first kappa shape index (κ1) is 15.9. The molecule has 0 amide bonds. The number of aryl methyl sites for hydroxylation is 3. The van der Waals surface area contributed by atoms with Crippen molar-refractivity contribution in [1.29, 1.82) is 0 Å². The lowest BCUT2D eigenvalue weighted by Crippen LogP contribution is -2.38. The highest BCUT2D eigenvalue weighted by Gasteiger charge is 2.44. The number of likely N-dealkylation sites (N-methyl/N-ethyl adjacent to an activating group) is 1. The lowest BCUT2D eigenvalue weighted by molar-refractivity contribution is 0.167. The molecule has 1 aliphatic carbocycles. The smallest absolute Gasteiger partial charge is 0.0130 e. The van der Waals surface area contributed by atoms with Gasteiger partial charge in [-0.15, -0.1) is 0 Å². The molecule has 24 heavy (non-hydrogen) atoms. The fourth-order valence-electron chi connectivity index (χ4n) is 5.16. The Hall–Kier alpha value is -1.60. The molecule has 2 aliphatic rings. The summed E-state index contributed by atoms with van der Waals surface area (Å²) in [6.07, 6.45) is 1.32. The molecular formula is C23H29N. The minimum atomic E-state index is 0.588. The van der Waals surface area contributed by atoms with E-state index >= 15 is 0 Å². The van der Waals surface area contributed by atoms with E-state index < -0.39 is 0 Å². The lowest BCUT2D eigenvalue weighted by atomic mass is 9.77. The molecule has 2 aromatic rings. The van der Waals surface area contributed by atoms with Crippen LogP contribution in [0, 0.1) is 26.7 Å². The molecule has 1 fully saturated rings. The van der Waals surface area contributed by atoms with Gasteiger partial charge in [0.1, 0.15) is 0 Å². The van der Waals surface area contributed by atoms with Crippen molar-refractivity contribution in [1.82, 2.24) is 4.90 Å². The second-order valence-corrected chi connectivity index (χ2v) is 7.92. The average molecular weight is 319 g/mol. The highest BCUT2D eigenvalue weighted by molar-refractivity contribution is 5.50. The van der Waals surface area contributed by atoms with Crippen molar-refractivity contribution >= 4 is 0 Å². The maximum absolute atomic E-state index is 2.63. The van der Waals surface area contributed by atoms with E-state index in [0.717, 1.165) is 5.92 Å². The van der Waals surface area contributed by atoms with Crippen LogP contribution in [0.4, 0.5) is 0 Å². The maximum atomic E-state index is 2.63. The number of nitrogens with zero attached hydrogens (tertiary/aromatic N) is 1. The molecule has 0 N–H and O–H groups in total. The van der Waals surface area contributed by atoms with Crippen LogP contribution >= 0.6 is 0 Å². The van der Waals surface area contributed by atoms with E-state index in [0.29, 0.717) is 11.8 Å². The second-order valence-electron chi connectivity index (χ2n) is 7.92. The van der Waals surface area contributed by atoms with Crippen molar-refractivity contribution in [2.75, 3.05) is 19.6 Å². The molecule has 0 radical (unpaired) electrons. The van der Waals surface area contributed by atoms with Gasteiger partial charge in [0.2, 0.25) is 0 Å². The number of fused-ring (bicyclic) bond motifs is 3. The van der Waals surface area contributed by atoms with E-state index in [2.05, 4.69) is 69.0 Å². The zero-order valence-electron chi connectivity index (χ0n) is 15.5. The summed E-state index contributed by atoms with van der Waals surface area (Å²) in [7, 11) is 0. The first-order valence-electron chi connectivity index (χ1n) is 9.48. The van der Waals surface area contributed by atoms with Gasteiger partial charge in [-0.1, -0.05) is 54.4 Å². The summed E-state index contributed by atoms with van der Waals surface area (Å²) in [6, 6.07) is 14.3. The third kappa shape index (κ3) is 2.50. The standard InChI is InChI=1S/C23H29N/c1-5-24-11-10-20-22(14-24)19-9-7-16(3)13-21(19)23(20)18-8-6-15(2)12-17(18)4/h6-9,12-13,20,22-23H,5,10-11,14H2,1-4H3/t20-,22-,23+/m0/s1. The van der Waals surface area contributed by atoms with Gasteiger partial charge in [-0.2, -0.15) is 0 Å². The Balaban J connectivity index is 1.83. The monoisotopic (exact) mass is 319 g/mol. The number of benzene rings is 2. The summed E-state index contributed by atoms with van der Waals surface area (Å²) in [5.41, 5.74) is 9.02. The minimum absolute atomic E-state index is 0.588. The molecule has 4 rings (SSSR count). The summed E-state index contributed by atoms with van der Waals surface area (Å²) in [5, 5.41) is 0. The zero-order chi connectivity index (χ0) is 16.8. The fourth-order valence-corrected chi connectivity index (χ4v) is 5.16. The molecule has 1 heteroatoms. The van der Waals surface area contributed by atoms with Crippen LogP contribution in [0.3, 0.4) is 0 Å². The van der Waals surface area contributed by atoms with E-state index in [1.165, 1.54) is 42.7 Å². The molecule has 126 valence electrons. The minimum Gasteiger partial charge on any atom is -0.303 e. The van der Waals surface area contributed by atoms with Crippen molar-refractivity contribution in [2.45, 2.75) is 46.0 Å². The Morgan fingerprint density at radius 3 is 2.33 bits per heavy atom. The third-order valence-corrected chi connectivity index (χ3v) is 6.36. The van der Waals surface area contributed by atoms with Crippen molar-refractivity contribution in [3.63, 3.8) is 0 Å². The molecule has 0 bridgehead atoms. The van der Waals surface area contributed by atoms with Crippen molar-refractivity contribution < 1.29 is 0 Å². The Bertz CT molecular complexity index is 761. The summed E-state index contributed by atoms with van der Waals surface area (Å²) >= 11 is 0. The highest BCUT2D eigenvalue weighted by atomic mass is 15.1. The summed E-state index contributed by atoms with van der Waals surface area (Å²) in [5.74, 6) is 2.07. The van der Waals surface area contributed by atoms with Gasteiger partial charge in [-0.3, -0.25) is 0 Å². The molecule has 1 saturated heterocycles. The van der Waals surface area contributed by atoms with Crippen molar-refractivity contribution in [3.8, 4) is 0 Å². The predicted molar refractivity (Wildman–Crippen MR) is 102 cm³/mol. The van der Waals surface area contributed by atoms with Crippen LogP contribution in [0.15, 0.2) is 36.4 Å². The van der Waals surface area contributed by atoms with E-state index in [9.17, 15) is 0 Å². The molecule has 0 unspecified atom stereocenters. The van der Waals surface area contributed by atoms with Gasteiger partial charge in [-0.05, 0) is 68.5 Å². The van der Waals surface area contributed by atoms with Crippen LogP contribution in [-0.2, 0) is 0 Å². The number of hydrogen-bond acceptors (Lipinski definition) is 1. The van der Waals surface area contributed by atoms with Crippen molar-refractivity contribution in [2.24, 2.45) is 5.92 Å². The molecular weight excluding hydrogens is 290 g/mol. The quantitative estimate of drug-likeness (QED) is 0.737. The van der Waals surface area contributed by atoms with Crippen LogP contribution in [-0.4, -0.2) is 24.5 Å². The average Bonchev–Trinajstić information content (AvgIpc) is 2.87. The highest BCUT2D eigenvalue weighted by Crippen LogP contribution is 2.53. The number of rotatable bonds is 2. The zero-order valence-corrected chi connectivity index (χ0v) is 15.5. The molecule has 0 aromatic heterocycles. The summed E-state index contributed by atoms with van der Waals surface area (Å²) < 4.78 is 0. The first-order valence-corrected chi connectivity index (χ1v) is 9.48. The molecule has 3 atom stereocenters. The van der Waals surface area contributed by atoms with E-state index in [4.69, 9.17) is 0 Å². The van der Waals surface area contributed by atoms with Gasteiger partial charge in [0.15, 0.2) is 0 Å². The molecule has 2 aromatic carbocycles. The van der Waals surface area contributed by atoms with E-state index in [1.807, 2.05) is 0 Å². The SMILES string of the molecule is CCN1CC[C@@H]2[C@@H](c3ccc(C)cc3C)c3cc(C)ccc3[C@@H]2C1. The normalized spacial score (nSPS) is 26.2. The Kier molecular flexibility index (Phi) is 4.00. The van der Waals surface area contributed by atoms with Gasteiger partial charge in [-0.25, -0.2) is 0 Å². The fraction of sp³-hybridized carbons (Fsp3) is 0.478. The van der Waals surface area contributed by atoms with Gasteiger partial charge >= 0.3 is 0 Å². The molecule has 1 heterocycles. The predicted octanol–water partition coefficient (Wildman–Crippen LogP) is 5.18. The summed E-state index contributed by atoms with van der Waals surface area (Å²) in [6.45, 7) is 12.7. The molecule has 1 aliphatic heterocycles. The Morgan fingerprint density at radius 1 is 0.917 bits per heavy atom. The van der Waals surface area contributed by atoms with Crippen molar-refractivity contribution in [3.05, 3.63) is 69.8 Å². The molecule has 0 spiro atoms. The number of hydrogen-bond donors (Lipinski definition) is 0. The van der Waals surface area contributed by atoms with Gasteiger partial charge < -0.3 is 4.90 Å². The molecule has 0 saturated carbocycles. The van der Waals surface area contributed by atoms with E-state index in [-0.39, 0.29) is 0 Å². The van der Waals surface area contributed by atoms with Crippen LogP contribution in [0.5, 0.6) is 0 Å². The van der Waals surface area contributed by atoms with Crippen LogP contribution in [0.25, 0.3) is 0 Å². The van der Waals surface area contributed by atoms with Crippen LogP contribution in [0.2, 0.25) is 0 Å².